The molecule has 0 saturated carbocycles. The van der Waals surface area contributed by atoms with Gasteiger partial charge in [0.25, 0.3) is 0 Å². The Bertz CT molecular complexity index is 1490. The lowest BCUT2D eigenvalue weighted by Gasteiger charge is -2.27. The predicted octanol–water partition coefficient (Wildman–Crippen LogP) is 3.43. The minimum absolute atomic E-state index is 0.125. The van der Waals surface area contributed by atoms with E-state index < -0.39 is 0 Å². The number of fused-ring (bicyclic) bond motifs is 1. The maximum absolute atomic E-state index is 12.6. The average molecular weight is 481 g/mol. The fourth-order valence-corrected chi connectivity index (χ4v) is 4.34. The number of amides is 1. The number of nitrogens with one attached hydrogen (secondary N) is 3. The second-order valence-electron chi connectivity index (χ2n) is 8.56. The molecule has 3 N–H and O–H groups in total. The molecule has 0 bridgehead atoms. The minimum Gasteiger partial charge on any atom is -0.378 e. The minimum atomic E-state index is -0.125. The summed E-state index contributed by atoms with van der Waals surface area (Å²) in [6.07, 6.45) is 5.24. The van der Waals surface area contributed by atoms with E-state index in [0.29, 0.717) is 13.2 Å². The molecule has 10 nitrogen and oxygen atoms in total. The van der Waals surface area contributed by atoms with E-state index in [0.717, 1.165) is 63.8 Å². The SMILES string of the molecule is O=C(Cc1cc(-c2cccnc2)n[nH]1)Nc1ccc(-c2cc3c(N4CCOCC4)ncnc3[nH]2)cc1. The van der Waals surface area contributed by atoms with E-state index in [1.165, 1.54) is 0 Å². The third kappa shape index (κ3) is 4.53. The standard InChI is InChI=1S/C26H24N8O2/c35-24(13-20-12-23(33-32-20)18-2-1-7-27-15-18)30-19-5-3-17(4-6-19)22-14-21-25(31-22)28-16-29-26(21)34-8-10-36-11-9-34/h1-7,12,14-16H,8-11,13H2,(H,30,35)(H,32,33)(H,28,29,31). The number of morpholine rings is 1. The van der Waals surface area contributed by atoms with Gasteiger partial charge in [0.15, 0.2) is 0 Å². The topological polar surface area (TPSA) is 125 Å². The Kier molecular flexibility index (Phi) is 5.84. The highest BCUT2D eigenvalue weighted by molar-refractivity contribution is 5.94. The zero-order valence-corrected chi connectivity index (χ0v) is 19.4. The van der Waals surface area contributed by atoms with Crippen LogP contribution in [0.5, 0.6) is 0 Å². The van der Waals surface area contributed by atoms with Gasteiger partial charge in [-0.05, 0) is 42.0 Å². The molecule has 6 rings (SSSR count). The van der Waals surface area contributed by atoms with Crippen LogP contribution in [0, 0.1) is 0 Å². The fourth-order valence-electron chi connectivity index (χ4n) is 4.34. The number of pyridine rings is 1. The van der Waals surface area contributed by atoms with Crippen LogP contribution in [0.1, 0.15) is 5.69 Å². The zero-order chi connectivity index (χ0) is 24.3. The number of hydrogen-bond donors (Lipinski definition) is 3. The molecule has 0 spiro atoms. The summed E-state index contributed by atoms with van der Waals surface area (Å²) in [4.78, 5) is 31.2. The first-order valence-electron chi connectivity index (χ1n) is 11.7. The predicted molar refractivity (Wildman–Crippen MR) is 137 cm³/mol. The quantitative estimate of drug-likeness (QED) is 0.340. The fraction of sp³-hybridized carbons (Fsp3) is 0.192. The summed E-state index contributed by atoms with van der Waals surface area (Å²) in [6.45, 7) is 3.01. The lowest BCUT2D eigenvalue weighted by Crippen LogP contribution is -2.36. The van der Waals surface area contributed by atoms with Gasteiger partial charge >= 0.3 is 0 Å². The average Bonchev–Trinajstić information content (AvgIpc) is 3.57. The molecule has 10 heteroatoms. The van der Waals surface area contributed by atoms with Crippen LogP contribution in [0.4, 0.5) is 11.5 Å². The van der Waals surface area contributed by atoms with Crippen molar-refractivity contribution in [3.63, 3.8) is 0 Å². The summed E-state index contributed by atoms with van der Waals surface area (Å²) < 4.78 is 5.47. The molecule has 0 aliphatic carbocycles. The molecule has 4 aromatic heterocycles. The van der Waals surface area contributed by atoms with Crippen molar-refractivity contribution in [3.8, 4) is 22.5 Å². The van der Waals surface area contributed by atoms with Crippen LogP contribution in [0.25, 0.3) is 33.5 Å². The number of rotatable bonds is 6. The molecule has 5 heterocycles. The molecule has 1 amide bonds. The Hall–Kier alpha value is -4.57. The number of aromatic amines is 2. The molecule has 0 atom stereocenters. The zero-order valence-electron chi connectivity index (χ0n) is 19.4. The highest BCUT2D eigenvalue weighted by Gasteiger charge is 2.17. The third-order valence-corrected chi connectivity index (χ3v) is 6.13. The Balaban J connectivity index is 1.14. The van der Waals surface area contributed by atoms with Gasteiger partial charge in [0.2, 0.25) is 5.91 Å². The van der Waals surface area contributed by atoms with Crippen molar-refractivity contribution < 1.29 is 9.53 Å². The van der Waals surface area contributed by atoms with Crippen LogP contribution < -0.4 is 10.2 Å². The Morgan fingerprint density at radius 3 is 2.72 bits per heavy atom. The first-order chi connectivity index (χ1) is 17.7. The van der Waals surface area contributed by atoms with Crippen molar-refractivity contribution in [2.45, 2.75) is 6.42 Å². The van der Waals surface area contributed by atoms with Gasteiger partial charge in [-0.3, -0.25) is 14.9 Å². The van der Waals surface area contributed by atoms with E-state index in [2.05, 4.69) is 46.4 Å². The normalized spacial score (nSPS) is 13.7. The van der Waals surface area contributed by atoms with Gasteiger partial charge < -0.3 is 19.9 Å². The first-order valence-corrected chi connectivity index (χ1v) is 11.7. The second-order valence-corrected chi connectivity index (χ2v) is 8.56. The summed E-state index contributed by atoms with van der Waals surface area (Å²) in [5, 5.41) is 11.1. The number of carbonyl (C=O) groups excluding carboxylic acids is 1. The molecule has 36 heavy (non-hydrogen) atoms. The molecular formula is C26H24N8O2. The number of hydrogen-bond acceptors (Lipinski definition) is 7. The third-order valence-electron chi connectivity index (χ3n) is 6.13. The van der Waals surface area contributed by atoms with Crippen molar-refractivity contribution in [3.05, 3.63) is 72.9 Å². The number of nitrogens with zero attached hydrogens (tertiary/aromatic N) is 5. The highest BCUT2D eigenvalue weighted by atomic mass is 16.5. The number of aromatic nitrogens is 6. The highest BCUT2D eigenvalue weighted by Crippen LogP contribution is 2.29. The van der Waals surface area contributed by atoms with Crippen LogP contribution in [0.2, 0.25) is 0 Å². The number of anilines is 2. The van der Waals surface area contributed by atoms with Gasteiger partial charge in [-0.15, -0.1) is 0 Å². The molecule has 1 fully saturated rings. The summed E-state index contributed by atoms with van der Waals surface area (Å²) >= 11 is 0. The lowest BCUT2D eigenvalue weighted by molar-refractivity contribution is -0.115. The van der Waals surface area contributed by atoms with E-state index in [1.807, 2.05) is 42.5 Å². The molecule has 5 aromatic rings. The van der Waals surface area contributed by atoms with Crippen LogP contribution >= 0.6 is 0 Å². The van der Waals surface area contributed by atoms with Crippen LogP contribution in [0.15, 0.2) is 67.3 Å². The molecule has 1 aromatic carbocycles. The van der Waals surface area contributed by atoms with Crippen molar-refractivity contribution in [2.24, 2.45) is 0 Å². The summed E-state index contributed by atoms with van der Waals surface area (Å²) in [5.41, 5.74) is 5.85. The lowest BCUT2D eigenvalue weighted by atomic mass is 10.1. The van der Waals surface area contributed by atoms with E-state index in [9.17, 15) is 4.79 Å². The van der Waals surface area contributed by atoms with Crippen molar-refractivity contribution in [2.75, 3.05) is 36.5 Å². The van der Waals surface area contributed by atoms with Crippen molar-refractivity contribution in [1.29, 1.82) is 0 Å². The smallest absolute Gasteiger partial charge is 0.230 e. The molecule has 0 unspecified atom stereocenters. The van der Waals surface area contributed by atoms with Crippen LogP contribution in [0.3, 0.4) is 0 Å². The molecular weight excluding hydrogens is 456 g/mol. The molecule has 180 valence electrons. The second kappa shape index (κ2) is 9.59. The monoisotopic (exact) mass is 480 g/mol. The van der Waals surface area contributed by atoms with Gasteiger partial charge in [-0.2, -0.15) is 5.10 Å². The largest absolute Gasteiger partial charge is 0.378 e. The molecule has 1 aliphatic heterocycles. The van der Waals surface area contributed by atoms with Crippen LogP contribution in [-0.4, -0.2) is 62.3 Å². The molecule has 1 aliphatic rings. The molecule has 0 radical (unpaired) electrons. The van der Waals surface area contributed by atoms with Crippen molar-refractivity contribution in [1.82, 2.24) is 30.1 Å². The number of benzene rings is 1. The number of ether oxygens (including phenoxy) is 1. The van der Waals surface area contributed by atoms with E-state index in [4.69, 9.17) is 4.74 Å². The maximum atomic E-state index is 12.6. The van der Waals surface area contributed by atoms with Gasteiger partial charge in [0.05, 0.1) is 30.7 Å². The Labute approximate surface area is 206 Å². The Morgan fingerprint density at radius 1 is 1.06 bits per heavy atom. The summed E-state index contributed by atoms with van der Waals surface area (Å²) in [5.74, 6) is 0.792. The van der Waals surface area contributed by atoms with Gasteiger partial charge in [-0.25, -0.2) is 9.97 Å². The van der Waals surface area contributed by atoms with Gasteiger partial charge in [0.1, 0.15) is 17.8 Å². The van der Waals surface area contributed by atoms with E-state index in [-0.39, 0.29) is 12.3 Å². The van der Waals surface area contributed by atoms with E-state index >= 15 is 0 Å². The summed E-state index contributed by atoms with van der Waals surface area (Å²) in [6, 6.07) is 15.4. The summed E-state index contributed by atoms with van der Waals surface area (Å²) in [7, 11) is 0. The van der Waals surface area contributed by atoms with Crippen LogP contribution in [-0.2, 0) is 16.0 Å². The number of carbonyl (C=O) groups is 1. The molecule has 1 saturated heterocycles. The van der Waals surface area contributed by atoms with Gasteiger partial charge in [-0.1, -0.05) is 12.1 Å². The van der Waals surface area contributed by atoms with Crippen molar-refractivity contribution >= 4 is 28.4 Å². The first kappa shape index (κ1) is 21.9. The van der Waals surface area contributed by atoms with E-state index in [1.54, 1.807) is 18.7 Å². The Morgan fingerprint density at radius 2 is 1.92 bits per heavy atom. The number of H-pyrrole nitrogens is 2. The van der Waals surface area contributed by atoms with Gasteiger partial charge in [0, 0.05) is 48.1 Å². The maximum Gasteiger partial charge on any atom is 0.230 e.